The second-order valence-electron chi connectivity index (χ2n) is 5.40. The molecule has 0 aliphatic heterocycles. The summed E-state index contributed by atoms with van der Waals surface area (Å²) in [6.45, 7) is 6.81. The first kappa shape index (κ1) is 15.4. The molecule has 0 spiro atoms. The normalized spacial score (nSPS) is 14.6. The Kier molecular flexibility index (Phi) is 4.89. The van der Waals surface area contributed by atoms with Gasteiger partial charge >= 0.3 is 6.09 Å². The van der Waals surface area contributed by atoms with E-state index in [0.29, 0.717) is 0 Å². The van der Waals surface area contributed by atoms with Gasteiger partial charge in [0.2, 0.25) is 0 Å². The number of ether oxygens (including phenoxy) is 1. The van der Waals surface area contributed by atoms with Gasteiger partial charge in [-0.1, -0.05) is 18.2 Å². The monoisotopic (exact) mass is 269 g/mol. The molecule has 0 saturated heterocycles. The molecular weight excluding hydrogens is 249 g/mol. The minimum atomic E-state index is -1.13. The average Bonchev–Trinajstić information content (AvgIpc) is 2.26. The first-order valence-electron chi connectivity index (χ1n) is 6.12. The predicted octanol–water partition coefficient (Wildman–Crippen LogP) is 2.77. The number of nitrogens with one attached hydrogen (secondary N) is 1. The summed E-state index contributed by atoms with van der Waals surface area (Å²) in [6, 6.07) is 5.25. The van der Waals surface area contributed by atoms with Crippen molar-refractivity contribution in [2.75, 3.05) is 0 Å². The van der Waals surface area contributed by atoms with Gasteiger partial charge in [0.1, 0.15) is 17.5 Å². The SMILES string of the molecule is CC(NC(=O)OC(C)(C)C)C(O)c1ccccc1F. The number of benzene rings is 1. The van der Waals surface area contributed by atoms with Crippen LogP contribution < -0.4 is 5.32 Å². The van der Waals surface area contributed by atoms with Crippen molar-refractivity contribution in [1.82, 2.24) is 5.32 Å². The van der Waals surface area contributed by atoms with Crippen molar-refractivity contribution < 1.29 is 19.0 Å². The summed E-state index contributed by atoms with van der Waals surface area (Å²) in [6.07, 6.45) is -1.77. The molecule has 0 saturated carbocycles. The van der Waals surface area contributed by atoms with Gasteiger partial charge in [0.25, 0.3) is 0 Å². The lowest BCUT2D eigenvalue weighted by atomic mass is 10.0. The van der Waals surface area contributed by atoms with Crippen LogP contribution in [0.3, 0.4) is 0 Å². The smallest absolute Gasteiger partial charge is 0.407 e. The highest BCUT2D eigenvalue weighted by Crippen LogP contribution is 2.20. The molecule has 0 bridgehead atoms. The Bertz CT molecular complexity index is 443. The quantitative estimate of drug-likeness (QED) is 0.887. The average molecular weight is 269 g/mol. The highest BCUT2D eigenvalue weighted by Gasteiger charge is 2.23. The molecule has 0 aliphatic carbocycles. The minimum absolute atomic E-state index is 0.144. The third kappa shape index (κ3) is 4.87. The first-order chi connectivity index (χ1) is 8.70. The molecule has 5 heteroatoms. The van der Waals surface area contributed by atoms with Crippen LogP contribution in [0.4, 0.5) is 9.18 Å². The number of aliphatic hydroxyl groups excluding tert-OH is 1. The van der Waals surface area contributed by atoms with Crippen LogP contribution in [0.1, 0.15) is 39.4 Å². The molecule has 4 nitrogen and oxygen atoms in total. The molecule has 1 aromatic rings. The number of carbonyl (C=O) groups excluding carboxylic acids is 1. The van der Waals surface area contributed by atoms with E-state index in [-0.39, 0.29) is 5.56 Å². The van der Waals surface area contributed by atoms with Crippen LogP contribution in [0.5, 0.6) is 0 Å². The van der Waals surface area contributed by atoms with Crippen molar-refractivity contribution in [2.24, 2.45) is 0 Å². The Morgan fingerprint density at radius 3 is 2.47 bits per heavy atom. The molecule has 0 fully saturated rings. The second kappa shape index (κ2) is 6.02. The zero-order valence-corrected chi connectivity index (χ0v) is 11.6. The standard InChI is InChI=1S/C14H20FNO3/c1-9(16-13(18)19-14(2,3)4)12(17)10-7-5-6-8-11(10)15/h5-9,12,17H,1-4H3,(H,16,18). The number of aliphatic hydroxyl groups is 1. The summed E-state index contributed by atoms with van der Waals surface area (Å²) in [5.41, 5.74) is -0.474. The fraction of sp³-hybridized carbons (Fsp3) is 0.500. The van der Waals surface area contributed by atoms with Gasteiger partial charge in [-0.3, -0.25) is 0 Å². The molecule has 2 unspecified atom stereocenters. The van der Waals surface area contributed by atoms with Crippen LogP contribution in [0, 0.1) is 5.82 Å². The van der Waals surface area contributed by atoms with Crippen molar-refractivity contribution in [3.05, 3.63) is 35.6 Å². The molecular formula is C14H20FNO3. The topological polar surface area (TPSA) is 58.6 Å². The number of amides is 1. The Morgan fingerprint density at radius 2 is 1.95 bits per heavy atom. The third-order valence-corrected chi connectivity index (χ3v) is 2.44. The molecule has 2 atom stereocenters. The lowest BCUT2D eigenvalue weighted by Crippen LogP contribution is -2.40. The lowest BCUT2D eigenvalue weighted by molar-refractivity contribution is 0.0432. The first-order valence-corrected chi connectivity index (χ1v) is 6.12. The van der Waals surface area contributed by atoms with Gasteiger partial charge in [-0.15, -0.1) is 0 Å². The van der Waals surface area contributed by atoms with Crippen molar-refractivity contribution in [1.29, 1.82) is 0 Å². The van der Waals surface area contributed by atoms with Crippen molar-refractivity contribution in [3.63, 3.8) is 0 Å². The van der Waals surface area contributed by atoms with E-state index in [1.807, 2.05) is 0 Å². The van der Waals surface area contributed by atoms with E-state index >= 15 is 0 Å². The molecule has 106 valence electrons. The molecule has 0 aliphatic rings. The third-order valence-electron chi connectivity index (χ3n) is 2.44. The summed E-state index contributed by atoms with van der Waals surface area (Å²) in [5.74, 6) is -0.507. The zero-order chi connectivity index (χ0) is 14.6. The summed E-state index contributed by atoms with van der Waals surface area (Å²) in [4.78, 5) is 11.6. The summed E-state index contributed by atoms with van der Waals surface area (Å²) in [5, 5.41) is 12.5. The molecule has 1 aromatic carbocycles. The molecule has 2 N–H and O–H groups in total. The Hall–Kier alpha value is -1.62. The lowest BCUT2D eigenvalue weighted by Gasteiger charge is -2.24. The maximum atomic E-state index is 13.5. The molecule has 1 amide bonds. The number of carbonyl (C=O) groups is 1. The number of hydrogen-bond acceptors (Lipinski definition) is 3. The second-order valence-corrected chi connectivity index (χ2v) is 5.40. The van der Waals surface area contributed by atoms with E-state index < -0.39 is 29.7 Å². The minimum Gasteiger partial charge on any atom is -0.444 e. The van der Waals surface area contributed by atoms with Crippen molar-refractivity contribution in [3.8, 4) is 0 Å². The van der Waals surface area contributed by atoms with E-state index in [1.54, 1.807) is 33.8 Å². The summed E-state index contributed by atoms with van der Waals surface area (Å²) < 4.78 is 18.6. The van der Waals surface area contributed by atoms with Gasteiger partial charge in [0.15, 0.2) is 0 Å². The van der Waals surface area contributed by atoms with Crippen LogP contribution >= 0.6 is 0 Å². The highest BCUT2D eigenvalue weighted by molar-refractivity contribution is 5.68. The number of halogens is 1. The van der Waals surface area contributed by atoms with Crippen LogP contribution in [-0.2, 0) is 4.74 Å². The van der Waals surface area contributed by atoms with Gasteiger partial charge in [-0.25, -0.2) is 9.18 Å². The van der Waals surface area contributed by atoms with E-state index in [9.17, 15) is 14.3 Å². The van der Waals surface area contributed by atoms with Crippen LogP contribution in [0.25, 0.3) is 0 Å². The zero-order valence-electron chi connectivity index (χ0n) is 11.6. The maximum absolute atomic E-state index is 13.5. The largest absolute Gasteiger partial charge is 0.444 e. The van der Waals surface area contributed by atoms with Gasteiger partial charge in [0.05, 0.1) is 6.04 Å². The van der Waals surface area contributed by atoms with E-state index in [1.165, 1.54) is 18.2 Å². The fourth-order valence-corrected chi connectivity index (χ4v) is 1.56. The molecule has 0 radical (unpaired) electrons. The van der Waals surface area contributed by atoms with E-state index in [0.717, 1.165) is 0 Å². The van der Waals surface area contributed by atoms with Gasteiger partial charge in [-0.2, -0.15) is 0 Å². The van der Waals surface area contributed by atoms with Crippen molar-refractivity contribution >= 4 is 6.09 Å². The Balaban J connectivity index is 2.66. The highest BCUT2D eigenvalue weighted by atomic mass is 19.1. The Labute approximate surface area is 112 Å². The molecule has 0 aromatic heterocycles. The number of hydrogen-bond donors (Lipinski definition) is 2. The molecule has 19 heavy (non-hydrogen) atoms. The number of rotatable bonds is 3. The van der Waals surface area contributed by atoms with Gasteiger partial charge in [-0.05, 0) is 33.8 Å². The van der Waals surface area contributed by atoms with Crippen LogP contribution in [-0.4, -0.2) is 22.8 Å². The molecule has 1 rings (SSSR count). The predicted molar refractivity (Wildman–Crippen MR) is 70.2 cm³/mol. The van der Waals surface area contributed by atoms with Crippen LogP contribution in [0.2, 0.25) is 0 Å². The van der Waals surface area contributed by atoms with Crippen LogP contribution in [0.15, 0.2) is 24.3 Å². The summed E-state index contributed by atoms with van der Waals surface area (Å²) in [7, 11) is 0. The summed E-state index contributed by atoms with van der Waals surface area (Å²) >= 11 is 0. The van der Waals surface area contributed by atoms with Gasteiger partial charge in [0, 0.05) is 5.56 Å². The number of alkyl carbamates (subject to hydrolysis) is 1. The van der Waals surface area contributed by atoms with E-state index in [4.69, 9.17) is 4.74 Å². The Morgan fingerprint density at radius 1 is 1.37 bits per heavy atom. The van der Waals surface area contributed by atoms with Gasteiger partial charge < -0.3 is 15.2 Å². The van der Waals surface area contributed by atoms with E-state index in [2.05, 4.69) is 5.32 Å². The molecule has 0 heterocycles. The maximum Gasteiger partial charge on any atom is 0.407 e. The van der Waals surface area contributed by atoms with Crippen molar-refractivity contribution in [2.45, 2.75) is 45.4 Å². The fourth-order valence-electron chi connectivity index (χ4n) is 1.56.